The molecule has 1 aromatic carbocycles. The van der Waals surface area contributed by atoms with Crippen LogP contribution < -0.4 is 5.32 Å². The van der Waals surface area contributed by atoms with E-state index in [1.54, 1.807) is 11.3 Å². The number of aromatic nitrogens is 1. The Morgan fingerprint density at radius 3 is 3.04 bits per heavy atom. The topological polar surface area (TPSA) is 45.2 Å². The van der Waals surface area contributed by atoms with E-state index < -0.39 is 0 Å². The van der Waals surface area contributed by atoms with Gasteiger partial charge in [-0.15, -0.1) is 11.3 Å². The monoisotopic (exact) mass is 357 g/mol. The summed E-state index contributed by atoms with van der Waals surface area (Å²) in [6.45, 7) is 8.09. The Bertz CT molecular complexity index is 712. The van der Waals surface area contributed by atoms with Gasteiger partial charge in [0.05, 0.1) is 5.01 Å². The largest absolute Gasteiger partial charge is 0.349 e. The number of aryl methyl sites for hydroxylation is 2. The highest BCUT2D eigenvalue weighted by Gasteiger charge is 2.24. The molecular weight excluding hydrogens is 330 g/mol. The number of hydrogen-bond acceptors (Lipinski definition) is 4. The summed E-state index contributed by atoms with van der Waals surface area (Å²) in [5.41, 5.74) is 3.42. The molecule has 0 unspecified atom stereocenters. The van der Waals surface area contributed by atoms with Crippen molar-refractivity contribution in [1.82, 2.24) is 15.2 Å². The van der Waals surface area contributed by atoms with Gasteiger partial charge in [0, 0.05) is 25.0 Å². The van der Waals surface area contributed by atoms with Crippen LogP contribution in [0, 0.1) is 6.92 Å². The maximum Gasteiger partial charge on any atom is 0.270 e. The summed E-state index contributed by atoms with van der Waals surface area (Å²) in [5.74, 6) is 0.570. The lowest BCUT2D eigenvalue weighted by atomic mass is 9.94. The zero-order valence-corrected chi connectivity index (χ0v) is 15.9. The van der Waals surface area contributed by atoms with E-state index >= 15 is 0 Å². The van der Waals surface area contributed by atoms with Crippen LogP contribution in [0.4, 0.5) is 0 Å². The molecule has 2 heterocycles. The summed E-state index contributed by atoms with van der Waals surface area (Å²) in [5, 5.41) is 5.93. The van der Waals surface area contributed by atoms with Gasteiger partial charge in [0.25, 0.3) is 5.91 Å². The average molecular weight is 358 g/mol. The molecule has 0 aliphatic carbocycles. The van der Waals surface area contributed by atoms with Crippen LogP contribution in [0.5, 0.6) is 0 Å². The number of carbonyl (C=O) groups excluding carboxylic acids is 1. The van der Waals surface area contributed by atoms with Crippen molar-refractivity contribution in [3.05, 3.63) is 51.5 Å². The van der Waals surface area contributed by atoms with Gasteiger partial charge in [-0.1, -0.05) is 31.2 Å². The fraction of sp³-hybridized carbons (Fsp3) is 0.500. The van der Waals surface area contributed by atoms with Gasteiger partial charge < -0.3 is 10.2 Å². The molecule has 1 aromatic heterocycles. The van der Waals surface area contributed by atoms with E-state index in [0.717, 1.165) is 37.5 Å². The van der Waals surface area contributed by atoms with Crippen molar-refractivity contribution in [1.29, 1.82) is 0 Å². The zero-order valence-electron chi connectivity index (χ0n) is 15.1. The van der Waals surface area contributed by atoms with Gasteiger partial charge in [-0.2, -0.15) is 0 Å². The van der Waals surface area contributed by atoms with Gasteiger partial charge in [-0.25, -0.2) is 4.98 Å². The molecule has 0 radical (unpaired) electrons. The molecule has 1 atom stereocenters. The first-order chi connectivity index (χ1) is 12.2. The summed E-state index contributed by atoms with van der Waals surface area (Å²) in [6, 6.07) is 8.68. The van der Waals surface area contributed by atoms with Gasteiger partial charge in [0.2, 0.25) is 0 Å². The highest BCUT2D eigenvalue weighted by molar-refractivity contribution is 7.09. The molecule has 5 heteroatoms. The van der Waals surface area contributed by atoms with Crippen LogP contribution >= 0.6 is 11.3 Å². The van der Waals surface area contributed by atoms with Crippen molar-refractivity contribution in [3.63, 3.8) is 0 Å². The average Bonchev–Trinajstić information content (AvgIpc) is 3.25. The van der Waals surface area contributed by atoms with Gasteiger partial charge in [-0.05, 0) is 49.8 Å². The molecular formula is C20H27N3OS. The van der Waals surface area contributed by atoms with Crippen molar-refractivity contribution >= 4 is 17.2 Å². The van der Waals surface area contributed by atoms with E-state index in [0.29, 0.717) is 18.2 Å². The van der Waals surface area contributed by atoms with Crippen molar-refractivity contribution in [2.24, 2.45) is 0 Å². The summed E-state index contributed by atoms with van der Waals surface area (Å²) >= 11 is 1.58. The number of likely N-dealkylation sites (tertiary alicyclic amines) is 1. The number of hydrogen-bond donors (Lipinski definition) is 1. The summed E-state index contributed by atoms with van der Waals surface area (Å²) in [6.07, 6.45) is 3.21. The van der Waals surface area contributed by atoms with Crippen LogP contribution in [0.25, 0.3) is 0 Å². The maximum absolute atomic E-state index is 12.2. The minimum absolute atomic E-state index is 0.0479. The Morgan fingerprint density at radius 1 is 1.40 bits per heavy atom. The van der Waals surface area contributed by atoms with Crippen LogP contribution in [0.1, 0.15) is 52.3 Å². The first-order valence-electron chi connectivity index (χ1n) is 9.18. The van der Waals surface area contributed by atoms with Crippen molar-refractivity contribution < 1.29 is 4.79 Å². The fourth-order valence-corrected chi connectivity index (χ4v) is 4.38. The number of carbonyl (C=O) groups is 1. The number of rotatable bonds is 7. The number of nitrogens with zero attached hydrogens (tertiary/aromatic N) is 2. The molecule has 0 spiro atoms. The summed E-state index contributed by atoms with van der Waals surface area (Å²) in [7, 11) is 0. The molecule has 3 rings (SSSR count). The Kier molecular flexibility index (Phi) is 6.21. The molecule has 1 saturated heterocycles. The lowest BCUT2D eigenvalue weighted by Gasteiger charge is -2.17. The molecule has 0 saturated carbocycles. The van der Waals surface area contributed by atoms with Crippen LogP contribution in [0.15, 0.2) is 29.6 Å². The quantitative estimate of drug-likeness (QED) is 0.823. The predicted octanol–water partition coefficient (Wildman–Crippen LogP) is 3.62. The van der Waals surface area contributed by atoms with Crippen molar-refractivity contribution in [3.8, 4) is 0 Å². The maximum atomic E-state index is 12.2. The second kappa shape index (κ2) is 8.59. The number of amides is 1. The van der Waals surface area contributed by atoms with Gasteiger partial charge in [0.15, 0.2) is 0 Å². The molecule has 0 bridgehead atoms. The Hall–Kier alpha value is -1.72. The molecule has 2 aromatic rings. The van der Waals surface area contributed by atoms with Crippen LogP contribution in [-0.4, -0.2) is 42.0 Å². The second-order valence-electron chi connectivity index (χ2n) is 6.78. The van der Waals surface area contributed by atoms with E-state index in [1.807, 2.05) is 5.38 Å². The van der Waals surface area contributed by atoms with Gasteiger partial charge >= 0.3 is 0 Å². The van der Waals surface area contributed by atoms with Crippen molar-refractivity contribution in [2.75, 3.05) is 26.2 Å². The first-order valence-corrected chi connectivity index (χ1v) is 10.1. The van der Waals surface area contributed by atoms with E-state index in [1.165, 1.54) is 17.5 Å². The summed E-state index contributed by atoms with van der Waals surface area (Å²) < 4.78 is 0. The third-order valence-electron chi connectivity index (χ3n) is 4.86. The first kappa shape index (κ1) is 18.1. The Labute approximate surface area is 154 Å². The second-order valence-corrected chi connectivity index (χ2v) is 7.72. The summed E-state index contributed by atoms with van der Waals surface area (Å²) in [4.78, 5) is 19.0. The number of thiazole rings is 1. The molecule has 25 heavy (non-hydrogen) atoms. The normalized spacial score (nSPS) is 17.8. The minimum Gasteiger partial charge on any atom is -0.349 e. The molecule has 1 N–H and O–H groups in total. The molecule has 4 nitrogen and oxygen atoms in total. The minimum atomic E-state index is -0.0479. The number of benzene rings is 1. The lowest BCUT2D eigenvalue weighted by Crippen LogP contribution is -2.34. The molecule has 134 valence electrons. The van der Waals surface area contributed by atoms with Crippen LogP contribution in [0.3, 0.4) is 0 Å². The third kappa shape index (κ3) is 4.67. The molecule has 1 amide bonds. The van der Waals surface area contributed by atoms with Crippen molar-refractivity contribution in [2.45, 2.75) is 39.0 Å². The molecule has 1 aliphatic heterocycles. The Morgan fingerprint density at radius 2 is 2.24 bits per heavy atom. The number of nitrogens with one attached hydrogen (secondary N) is 1. The lowest BCUT2D eigenvalue weighted by molar-refractivity contribution is 0.0945. The smallest absolute Gasteiger partial charge is 0.270 e. The molecule has 1 fully saturated rings. The highest BCUT2D eigenvalue weighted by atomic mass is 32.1. The third-order valence-corrected chi connectivity index (χ3v) is 5.77. The Balaban J connectivity index is 1.43. The highest BCUT2D eigenvalue weighted by Crippen LogP contribution is 2.28. The van der Waals surface area contributed by atoms with E-state index in [4.69, 9.17) is 0 Å². The fourth-order valence-electron chi connectivity index (χ4n) is 3.50. The SMILES string of the molecule is CCCc1nc(C(=O)NCCN2CC[C@H](c3ccccc3C)C2)cs1. The zero-order chi connectivity index (χ0) is 17.6. The molecule has 1 aliphatic rings. The van der Waals surface area contributed by atoms with Gasteiger partial charge in [0.1, 0.15) is 5.69 Å². The van der Waals surface area contributed by atoms with Crippen LogP contribution in [0.2, 0.25) is 0 Å². The van der Waals surface area contributed by atoms with E-state index in [9.17, 15) is 4.79 Å². The van der Waals surface area contributed by atoms with E-state index in [2.05, 4.69) is 53.3 Å². The standard InChI is InChI=1S/C20H27N3OS/c1-3-6-19-22-18(14-25-19)20(24)21-10-12-23-11-9-16(13-23)17-8-5-4-7-15(17)2/h4-5,7-8,14,16H,3,6,9-13H2,1-2H3,(H,21,24)/t16-/m0/s1. The predicted molar refractivity (Wildman–Crippen MR) is 103 cm³/mol. The van der Waals surface area contributed by atoms with Crippen LogP contribution in [-0.2, 0) is 6.42 Å². The van der Waals surface area contributed by atoms with E-state index in [-0.39, 0.29) is 5.91 Å². The van der Waals surface area contributed by atoms with Gasteiger partial charge in [-0.3, -0.25) is 4.79 Å².